The maximum atomic E-state index is 12.3. The van der Waals surface area contributed by atoms with Crippen molar-refractivity contribution in [1.29, 1.82) is 0 Å². The Hall–Kier alpha value is -2.35. The van der Waals surface area contributed by atoms with Crippen LogP contribution in [0.5, 0.6) is 0 Å². The molecule has 0 aromatic heterocycles. The van der Waals surface area contributed by atoms with Gasteiger partial charge < -0.3 is 18.9 Å². The van der Waals surface area contributed by atoms with Crippen molar-refractivity contribution in [2.24, 2.45) is 22.7 Å². The van der Waals surface area contributed by atoms with E-state index in [1.165, 1.54) is 20.8 Å². The minimum Gasteiger partial charge on any atom is -0.465 e. The number of carbonyl (C=O) groups excluding carboxylic acids is 4. The zero-order valence-electron chi connectivity index (χ0n) is 21.1. The second kappa shape index (κ2) is 10.3. The van der Waals surface area contributed by atoms with E-state index in [0.29, 0.717) is 24.8 Å². The number of allylic oxidation sites excluding steroid dienone is 2. The van der Waals surface area contributed by atoms with Gasteiger partial charge in [0.05, 0.1) is 11.0 Å². The molecule has 0 spiro atoms. The first-order valence-corrected chi connectivity index (χ1v) is 12.4. The number of halogens is 1. The van der Waals surface area contributed by atoms with E-state index in [0.717, 1.165) is 12.0 Å². The summed E-state index contributed by atoms with van der Waals surface area (Å²) in [7, 11) is 0. The first-order valence-electron chi connectivity index (χ1n) is 12.0. The van der Waals surface area contributed by atoms with Crippen molar-refractivity contribution in [3.05, 3.63) is 23.8 Å². The van der Waals surface area contributed by atoms with Crippen molar-refractivity contribution in [1.82, 2.24) is 0 Å². The fourth-order valence-electron chi connectivity index (χ4n) is 6.36. The van der Waals surface area contributed by atoms with Gasteiger partial charge in [0, 0.05) is 26.2 Å². The number of esters is 4. The fourth-order valence-corrected chi connectivity index (χ4v) is 6.69. The highest BCUT2D eigenvalue weighted by molar-refractivity contribution is 6.22. The van der Waals surface area contributed by atoms with Crippen LogP contribution in [0.4, 0.5) is 0 Å². The molecule has 1 heterocycles. The van der Waals surface area contributed by atoms with E-state index in [2.05, 4.69) is 13.5 Å². The molecule has 0 aromatic rings. The number of fused-ring (bicyclic) bond motifs is 1. The Kier molecular flexibility index (Phi) is 8.04. The van der Waals surface area contributed by atoms with E-state index in [4.69, 9.17) is 30.5 Å². The van der Waals surface area contributed by atoms with Crippen molar-refractivity contribution in [2.45, 2.75) is 77.9 Å². The summed E-state index contributed by atoms with van der Waals surface area (Å²) in [6.07, 6.45) is 3.00. The third kappa shape index (κ3) is 5.42. The zero-order valence-corrected chi connectivity index (χ0v) is 21.8. The third-order valence-electron chi connectivity index (χ3n) is 8.09. The predicted octanol–water partition coefficient (Wildman–Crippen LogP) is 3.89. The summed E-state index contributed by atoms with van der Waals surface area (Å²) in [5.41, 5.74) is 0.222. The molecule has 9 heteroatoms. The number of hydrogen-bond acceptors (Lipinski definition) is 8. The highest BCUT2D eigenvalue weighted by Crippen LogP contribution is 2.63. The van der Waals surface area contributed by atoms with Crippen molar-refractivity contribution < 1.29 is 38.1 Å². The standard InChI is InChI=1S/C26H35ClO8/c1-14-19(8-7-18-21(34-16(3)29)12-32-24(18)31)25(5)10-9-23(35-17(4)30)26(6,13-33-15(2)28)22(25)11-20(14)27/h7,19-23H,1,8-13H2,2-6H3/b18-7+. The van der Waals surface area contributed by atoms with Gasteiger partial charge in [-0.05, 0) is 42.9 Å². The molecule has 194 valence electrons. The molecule has 1 saturated heterocycles. The van der Waals surface area contributed by atoms with Crippen LogP contribution in [0, 0.1) is 22.7 Å². The van der Waals surface area contributed by atoms with Crippen LogP contribution in [0.2, 0.25) is 0 Å². The molecule has 1 aliphatic heterocycles. The quantitative estimate of drug-likeness (QED) is 0.174. The Labute approximate surface area is 211 Å². The Morgan fingerprint density at radius 3 is 2.40 bits per heavy atom. The molecule has 3 rings (SSSR count). The van der Waals surface area contributed by atoms with E-state index >= 15 is 0 Å². The minimum absolute atomic E-state index is 0.00158. The largest absolute Gasteiger partial charge is 0.465 e. The van der Waals surface area contributed by atoms with Crippen LogP contribution >= 0.6 is 11.6 Å². The first-order chi connectivity index (χ1) is 16.3. The number of ether oxygens (including phenoxy) is 4. The SMILES string of the molecule is C=C1C(Cl)CC2C(C)(COC(C)=O)C(OC(C)=O)CCC2(C)C1C/C=C1/C(=O)OCC1OC(C)=O. The smallest absolute Gasteiger partial charge is 0.337 e. The van der Waals surface area contributed by atoms with Crippen LogP contribution < -0.4 is 0 Å². The lowest BCUT2D eigenvalue weighted by Gasteiger charge is -2.61. The average Bonchev–Trinajstić information content (AvgIpc) is 3.09. The molecule has 35 heavy (non-hydrogen) atoms. The molecule has 3 aliphatic rings. The summed E-state index contributed by atoms with van der Waals surface area (Å²) >= 11 is 6.81. The van der Waals surface area contributed by atoms with Crippen LogP contribution in [0.15, 0.2) is 23.8 Å². The van der Waals surface area contributed by atoms with E-state index in [9.17, 15) is 19.2 Å². The van der Waals surface area contributed by atoms with Crippen molar-refractivity contribution >= 4 is 35.5 Å². The summed E-state index contributed by atoms with van der Waals surface area (Å²) in [5.74, 6) is -1.92. The van der Waals surface area contributed by atoms with Crippen LogP contribution in [0.25, 0.3) is 0 Å². The number of rotatable bonds is 6. The topological polar surface area (TPSA) is 105 Å². The van der Waals surface area contributed by atoms with E-state index in [1.807, 2.05) is 6.92 Å². The molecule has 0 amide bonds. The van der Waals surface area contributed by atoms with Gasteiger partial charge in [0.1, 0.15) is 19.3 Å². The molecular formula is C26H35ClO8. The van der Waals surface area contributed by atoms with Gasteiger partial charge >= 0.3 is 23.9 Å². The van der Waals surface area contributed by atoms with Gasteiger partial charge in [-0.15, -0.1) is 11.6 Å². The lowest BCUT2D eigenvalue weighted by atomic mass is 9.46. The molecule has 8 nitrogen and oxygen atoms in total. The Morgan fingerprint density at radius 1 is 1.14 bits per heavy atom. The molecular weight excluding hydrogens is 476 g/mol. The van der Waals surface area contributed by atoms with Crippen LogP contribution in [-0.4, -0.2) is 54.7 Å². The van der Waals surface area contributed by atoms with Crippen molar-refractivity contribution in [2.75, 3.05) is 13.2 Å². The first kappa shape index (κ1) is 27.2. The highest BCUT2D eigenvalue weighted by Gasteiger charge is 2.61. The summed E-state index contributed by atoms with van der Waals surface area (Å²) in [4.78, 5) is 47.4. The maximum absolute atomic E-state index is 12.3. The zero-order chi connectivity index (χ0) is 26.1. The van der Waals surface area contributed by atoms with Gasteiger partial charge in [-0.3, -0.25) is 14.4 Å². The monoisotopic (exact) mass is 510 g/mol. The summed E-state index contributed by atoms with van der Waals surface area (Å²) in [6.45, 7) is 12.6. The lowest BCUT2D eigenvalue weighted by molar-refractivity contribution is -0.191. The van der Waals surface area contributed by atoms with Crippen LogP contribution in [-0.2, 0) is 38.1 Å². The Bertz CT molecular complexity index is 942. The molecule has 0 radical (unpaired) electrons. The van der Waals surface area contributed by atoms with Crippen LogP contribution in [0.1, 0.15) is 60.3 Å². The minimum atomic E-state index is -0.735. The van der Waals surface area contributed by atoms with E-state index in [1.54, 1.807) is 6.08 Å². The normalized spacial score (nSPS) is 37.9. The van der Waals surface area contributed by atoms with Gasteiger partial charge in [0.15, 0.2) is 6.10 Å². The number of carbonyl (C=O) groups is 4. The number of hydrogen-bond donors (Lipinski definition) is 0. The second-order valence-electron chi connectivity index (χ2n) is 10.4. The highest BCUT2D eigenvalue weighted by atomic mass is 35.5. The third-order valence-corrected chi connectivity index (χ3v) is 8.54. The molecule has 0 N–H and O–H groups in total. The molecule has 7 unspecified atom stereocenters. The van der Waals surface area contributed by atoms with Gasteiger partial charge in [-0.2, -0.15) is 0 Å². The van der Waals surface area contributed by atoms with Gasteiger partial charge in [0.25, 0.3) is 0 Å². The van der Waals surface area contributed by atoms with Crippen molar-refractivity contribution in [3.8, 4) is 0 Å². The second-order valence-corrected chi connectivity index (χ2v) is 10.9. The van der Waals surface area contributed by atoms with Gasteiger partial charge in [-0.25, -0.2) is 4.79 Å². The van der Waals surface area contributed by atoms with E-state index in [-0.39, 0.29) is 41.8 Å². The van der Waals surface area contributed by atoms with Gasteiger partial charge in [0.2, 0.25) is 0 Å². The fraction of sp³-hybridized carbons (Fsp3) is 0.692. The molecule has 7 atom stereocenters. The Morgan fingerprint density at radius 2 is 1.80 bits per heavy atom. The summed E-state index contributed by atoms with van der Waals surface area (Å²) in [5, 5.41) is -0.344. The van der Waals surface area contributed by atoms with Crippen LogP contribution in [0.3, 0.4) is 0 Å². The predicted molar refractivity (Wildman–Crippen MR) is 127 cm³/mol. The Balaban J connectivity index is 1.96. The maximum Gasteiger partial charge on any atom is 0.337 e. The number of alkyl halides is 1. The average molecular weight is 511 g/mol. The molecule has 3 fully saturated rings. The molecule has 2 saturated carbocycles. The van der Waals surface area contributed by atoms with E-state index < -0.39 is 35.5 Å². The number of cyclic esters (lactones) is 1. The summed E-state index contributed by atoms with van der Waals surface area (Å²) in [6, 6.07) is 0. The van der Waals surface area contributed by atoms with Gasteiger partial charge in [-0.1, -0.05) is 32.1 Å². The molecule has 2 aliphatic carbocycles. The molecule has 0 aromatic carbocycles. The molecule has 0 bridgehead atoms. The summed E-state index contributed by atoms with van der Waals surface area (Å²) < 4.78 is 21.6. The van der Waals surface area contributed by atoms with Crippen molar-refractivity contribution in [3.63, 3.8) is 0 Å². The lowest BCUT2D eigenvalue weighted by Crippen LogP contribution is -2.60.